The third-order valence-electron chi connectivity index (χ3n) is 0.465. The van der Waals surface area contributed by atoms with Gasteiger partial charge in [0.25, 0.3) is 11.9 Å². The van der Waals surface area contributed by atoms with Gasteiger partial charge in [0.15, 0.2) is 0 Å². The van der Waals surface area contributed by atoms with Crippen LogP contribution >= 0.6 is 0 Å². The van der Waals surface area contributed by atoms with Crippen LogP contribution in [0, 0.1) is 0 Å². The fourth-order valence-electron chi connectivity index (χ4n) is 0. The number of carbonyl (C=O) groups is 3. The average molecular weight is 268 g/mol. The molecule has 8 heteroatoms. The van der Waals surface area contributed by atoms with E-state index in [1.54, 1.807) is 0 Å². The number of aliphatic hydroxyl groups excluding tert-OH is 2. The Hall–Kier alpha value is -1.93. The van der Waals surface area contributed by atoms with Crippen molar-refractivity contribution in [3.8, 4) is 0 Å². The summed E-state index contributed by atoms with van der Waals surface area (Å²) >= 11 is 0. The molecule has 108 valence electrons. The quantitative estimate of drug-likeness (QED) is 0.431. The molecule has 0 heterocycles. The largest absolute Gasteiger partial charge is 0.481 e. The third-order valence-corrected chi connectivity index (χ3v) is 0.465. The highest BCUT2D eigenvalue weighted by atomic mass is 16.4. The minimum Gasteiger partial charge on any atom is -0.481 e. The summed E-state index contributed by atoms with van der Waals surface area (Å²) in [5.74, 6) is -2.60. The summed E-state index contributed by atoms with van der Waals surface area (Å²) in [6, 6.07) is 0. The van der Waals surface area contributed by atoms with Gasteiger partial charge in [-0.1, -0.05) is 6.58 Å². The second-order valence-corrected chi connectivity index (χ2v) is 2.57. The molecule has 0 aromatic rings. The first-order valence-corrected chi connectivity index (χ1v) is 4.52. The Bertz CT molecular complexity index is 212. The molecule has 0 aromatic carbocycles. The first kappa shape index (κ1) is 25.1. The zero-order valence-corrected chi connectivity index (χ0v) is 10.6. The van der Waals surface area contributed by atoms with E-state index in [0.717, 1.165) is 13.8 Å². The van der Waals surface area contributed by atoms with Gasteiger partial charge in [-0.25, -0.2) is 4.79 Å². The fourth-order valence-corrected chi connectivity index (χ4v) is 0. The molecule has 0 saturated heterocycles. The highest BCUT2D eigenvalue weighted by Crippen LogP contribution is 1.81. The normalized spacial score (nSPS) is 6.94. The minimum atomic E-state index is -0.935. The van der Waals surface area contributed by atoms with Gasteiger partial charge in [-0.15, -0.1) is 0 Å². The van der Waals surface area contributed by atoms with E-state index < -0.39 is 17.9 Å². The number of rotatable bonds is 2. The van der Waals surface area contributed by atoms with Crippen LogP contribution in [0.5, 0.6) is 0 Å². The van der Waals surface area contributed by atoms with Crippen molar-refractivity contribution in [3.63, 3.8) is 0 Å². The predicted octanol–water partition coefficient (Wildman–Crippen LogP) is -0.200. The Morgan fingerprint density at radius 2 is 0.944 bits per heavy atom. The van der Waals surface area contributed by atoms with Crippen molar-refractivity contribution in [3.05, 3.63) is 12.2 Å². The van der Waals surface area contributed by atoms with E-state index in [1.807, 2.05) is 0 Å². The zero-order chi connectivity index (χ0) is 15.7. The topological polar surface area (TPSA) is 152 Å². The number of aliphatic carboxylic acids is 3. The van der Waals surface area contributed by atoms with Crippen LogP contribution < -0.4 is 0 Å². The van der Waals surface area contributed by atoms with Crippen molar-refractivity contribution in [1.82, 2.24) is 0 Å². The molecule has 18 heavy (non-hydrogen) atoms. The van der Waals surface area contributed by atoms with Crippen LogP contribution in [0.4, 0.5) is 0 Å². The smallest absolute Gasteiger partial charge is 0.330 e. The Labute approximate surface area is 105 Å². The Morgan fingerprint density at radius 3 is 0.944 bits per heavy atom. The van der Waals surface area contributed by atoms with Crippen LogP contribution in [0.15, 0.2) is 12.2 Å². The van der Waals surface area contributed by atoms with E-state index in [1.165, 1.54) is 6.92 Å². The monoisotopic (exact) mass is 268 g/mol. The van der Waals surface area contributed by atoms with Crippen molar-refractivity contribution < 1.29 is 39.9 Å². The molecule has 0 rings (SSSR count). The summed E-state index contributed by atoms with van der Waals surface area (Å²) in [6.07, 6.45) is 0. The van der Waals surface area contributed by atoms with Crippen molar-refractivity contribution in [1.29, 1.82) is 0 Å². The number of aliphatic hydroxyl groups is 2. The van der Waals surface area contributed by atoms with Gasteiger partial charge in [0.05, 0.1) is 13.2 Å². The lowest BCUT2D eigenvalue weighted by atomic mass is 10.4. The van der Waals surface area contributed by atoms with Crippen molar-refractivity contribution >= 4 is 17.9 Å². The maximum Gasteiger partial charge on any atom is 0.330 e. The molecule has 0 saturated carbocycles. The molecule has 0 unspecified atom stereocenters. The molecular weight excluding hydrogens is 248 g/mol. The standard InChI is InChI=1S/C4H6O2.2C2H4O2.C2H6O2/c1-3(2)4(5)6;2*1-2(3)4;3-1-2-4/h1H2,2H3,(H,5,6);2*1H3,(H,3,4);3-4H,1-2H2. The van der Waals surface area contributed by atoms with Crippen LogP contribution in [0.25, 0.3) is 0 Å². The highest BCUT2D eigenvalue weighted by molar-refractivity contribution is 5.84. The van der Waals surface area contributed by atoms with Gasteiger partial charge in [0.2, 0.25) is 0 Å². The van der Waals surface area contributed by atoms with Crippen LogP contribution in [0.2, 0.25) is 0 Å². The van der Waals surface area contributed by atoms with Gasteiger partial charge in [0.1, 0.15) is 0 Å². The molecule has 0 spiro atoms. The van der Waals surface area contributed by atoms with E-state index in [0.29, 0.717) is 0 Å². The van der Waals surface area contributed by atoms with Crippen molar-refractivity contribution in [2.24, 2.45) is 0 Å². The van der Waals surface area contributed by atoms with Gasteiger partial charge in [-0.2, -0.15) is 0 Å². The number of hydrogen-bond donors (Lipinski definition) is 5. The molecule has 0 aromatic heterocycles. The molecule has 0 amide bonds. The van der Waals surface area contributed by atoms with Crippen LogP contribution in [-0.4, -0.2) is 56.7 Å². The SMILES string of the molecule is C=C(C)C(=O)O.CC(=O)O.CC(=O)O.OCCO. The molecule has 0 fully saturated rings. The number of hydrogen-bond acceptors (Lipinski definition) is 5. The highest BCUT2D eigenvalue weighted by Gasteiger charge is 1.90. The molecule has 0 aliphatic rings. The molecule has 5 N–H and O–H groups in total. The van der Waals surface area contributed by atoms with Crippen LogP contribution in [-0.2, 0) is 14.4 Å². The van der Waals surface area contributed by atoms with Crippen molar-refractivity contribution in [2.75, 3.05) is 13.2 Å². The average Bonchev–Trinajstić information content (AvgIpc) is 2.16. The molecule has 0 aliphatic carbocycles. The minimum absolute atomic E-state index is 0.125. The maximum absolute atomic E-state index is 9.60. The third kappa shape index (κ3) is 255. The molecule has 0 bridgehead atoms. The summed E-state index contributed by atoms with van der Waals surface area (Å²) in [6.45, 7) is 6.52. The van der Waals surface area contributed by atoms with E-state index >= 15 is 0 Å². The predicted molar refractivity (Wildman–Crippen MR) is 63.2 cm³/mol. The summed E-state index contributed by atoms with van der Waals surface area (Å²) in [5, 5.41) is 38.0. The Balaban J connectivity index is -0.0000000742. The molecular formula is C10H20O8. The number of carboxylic acids is 3. The van der Waals surface area contributed by atoms with Crippen molar-refractivity contribution in [2.45, 2.75) is 20.8 Å². The van der Waals surface area contributed by atoms with Crippen LogP contribution in [0.3, 0.4) is 0 Å². The lowest BCUT2D eigenvalue weighted by molar-refractivity contribution is -0.135. The summed E-state index contributed by atoms with van der Waals surface area (Å²) < 4.78 is 0. The lowest BCUT2D eigenvalue weighted by Crippen LogP contribution is -1.92. The first-order valence-electron chi connectivity index (χ1n) is 4.52. The summed E-state index contributed by atoms with van der Waals surface area (Å²) in [4.78, 5) is 27.6. The maximum atomic E-state index is 9.60. The molecule has 0 atom stereocenters. The second kappa shape index (κ2) is 20.5. The molecule has 8 nitrogen and oxygen atoms in total. The first-order chi connectivity index (χ1) is 8.02. The molecule has 0 radical (unpaired) electrons. The van der Waals surface area contributed by atoms with Gasteiger partial charge in [-0.05, 0) is 6.92 Å². The van der Waals surface area contributed by atoms with Gasteiger partial charge >= 0.3 is 5.97 Å². The molecule has 0 aliphatic heterocycles. The van der Waals surface area contributed by atoms with E-state index in [9.17, 15) is 4.79 Å². The lowest BCUT2D eigenvalue weighted by Gasteiger charge is -1.79. The van der Waals surface area contributed by atoms with E-state index in [2.05, 4.69) is 6.58 Å². The number of carboxylic acid groups (broad SMARTS) is 3. The fraction of sp³-hybridized carbons (Fsp3) is 0.500. The zero-order valence-electron chi connectivity index (χ0n) is 10.6. The van der Waals surface area contributed by atoms with Gasteiger partial charge in [-0.3, -0.25) is 9.59 Å². The Morgan fingerprint density at radius 1 is 0.833 bits per heavy atom. The van der Waals surface area contributed by atoms with Crippen LogP contribution in [0.1, 0.15) is 20.8 Å². The van der Waals surface area contributed by atoms with E-state index in [4.69, 9.17) is 35.1 Å². The summed E-state index contributed by atoms with van der Waals surface area (Å²) in [7, 11) is 0. The Kier molecular flexibility index (Phi) is 28.5. The van der Waals surface area contributed by atoms with Gasteiger partial charge in [0, 0.05) is 19.4 Å². The second-order valence-electron chi connectivity index (χ2n) is 2.57. The summed E-state index contributed by atoms with van der Waals surface area (Å²) in [5.41, 5.74) is 0.176. The van der Waals surface area contributed by atoms with E-state index in [-0.39, 0.29) is 18.8 Å². The van der Waals surface area contributed by atoms with Gasteiger partial charge < -0.3 is 25.5 Å².